The van der Waals surface area contributed by atoms with Gasteiger partial charge >= 0.3 is 17.9 Å². The summed E-state index contributed by atoms with van der Waals surface area (Å²) in [6.45, 7) is 4.90. The molecule has 29 nitrogen and oxygen atoms in total. The molecule has 76 heavy (non-hydrogen) atoms. The van der Waals surface area contributed by atoms with E-state index in [1.165, 1.54) is 24.3 Å². The van der Waals surface area contributed by atoms with Gasteiger partial charge in [0.2, 0.25) is 59.1 Å². The smallest absolute Gasteiger partial charge is 0.326 e. The van der Waals surface area contributed by atoms with Gasteiger partial charge in [-0.1, -0.05) is 39.8 Å². The number of carboxylic acid groups (broad SMARTS) is 3. The average molecular weight is 1120 g/mol. The van der Waals surface area contributed by atoms with Gasteiger partial charge in [0.25, 0.3) is 0 Å². The quantitative estimate of drug-likeness (QED) is 0.0282. The molecule has 0 fully saturated rings. The van der Waals surface area contributed by atoms with E-state index in [4.69, 9.17) is 11.5 Å². The molecule has 18 N–H and O–H groups in total. The molecule has 0 radical (unpaired) electrons. The second-order valence-corrected chi connectivity index (χ2v) is 18.8. The van der Waals surface area contributed by atoms with Gasteiger partial charge < -0.3 is 84.9 Å². The van der Waals surface area contributed by atoms with Crippen LogP contribution in [0.2, 0.25) is 0 Å². The lowest BCUT2D eigenvalue weighted by molar-refractivity contribution is -0.143. The number of nitrogens with two attached hydrogens (primary N) is 2. The molecule has 0 heterocycles. The fraction of sp³-hybridized carbons (Fsp3) is 0.578. The minimum absolute atomic E-state index is 0.0486. The van der Waals surface area contributed by atoms with Crippen LogP contribution in [0.1, 0.15) is 71.8 Å². The summed E-state index contributed by atoms with van der Waals surface area (Å²) in [6.07, 6.45) is -3.85. The second kappa shape index (κ2) is 33.6. The molecule has 424 valence electrons. The zero-order valence-electron chi connectivity index (χ0n) is 42.0. The van der Waals surface area contributed by atoms with Crippen molar-refractivity contribution in [2.24, 2.45) is 23.3 Å². The molecule has 0 spiro atoms. The van der Waals surface area contributed by atoms with Crippen LogP contribution in [0.15, 0.2) is 24.3 Å². The van der Waals surface area contributed by atoms with Crippen molar-refractivity contribution in [3.8, 4) is 5.75 Å². The van der Waals surface area contributed by atoms with E-state index in [1.54, 1.807) is 27.7 Å². The van der Waals surface area contributed by atoms with Gasteiger partial charge in [0.1, 0.15) is 60.1 Å². The molecule has 0 aliphatic heterocycles. The Balaban J connectivity index is 3.39. The Kier molecular flexibility index (Phi) is 29.5. The number of carboxylic acids is 3. The third-order valence-corrected chi connectivity index (χ3v) is 11.4. The van der Waals surface area contributed by atoms with Crippen LogP contribution >= 0.6 is 25.3 Å². The SMILES string of the molecule is CC(C)C[C@H](NC(=O)[C@H](CC(N)=O)NC(=O)[C@H](CCC(=O)O)NC(=O)[C@H](CC(C)C)NC(=O)[C@H](CO)NC(=O)[C@H](CC(=O)O)NC(=O)[C@H](CS)NC(=O)[C@H](Cc1ccc(O)cc1)NC(=O)[C@H](CS)NC(=O)CN)C(=O)O. The summed E-state index contributed by atoms with van der Waals surface area (Å²) in [7, 11) is 0. The van der Waals surface area contributed by atoms with E-state index < -0.39 is 182 Å². The van der Waals surface area contributed by atoms with Gasteiger partial charge in [-0.3, -0.25) is 57.5 Å². The fourth-order valence-corrected chi connectivity index (χ4v) is 7.33. The molecule has 0 unspecified atom stereocenters. The van der Waals surface area contributed by atoms with Gasteiger partial charge in [0, 0.05) is 24.3 Å². The highest BCUT2D eigenvalue weighted by atomic mass is 32.1. The summed E-state index contributed by atoms with van der Waals surface area (Å²) in [4.78, 5) is 167. The van der Waals surface area contributed by atoms with Gasteiger partial charge in [-0.05, 0) is 48.8 Å². The maximum absolute atomic E-state index is 13.8. The molecule has 0 saturated heterocycles. The molecule has 0 aliphatic rings. The molecule has 31 heteroatoms. The molecular formula is C45H69N11O18S2. The zero-order valence-corrected chi connectivity index (χ0v) is 43.8. The Morgan fingerprint density at radius 3 is 1.34 bits per heavy atom. The fourth-order valence-electron chi connectivity index (χ4n) is 6.82. The van der Waals surface area contributed by atoms with Gasteiger partial charge in [-0.25, -0.2) is 4.79 Å². The Morgan fingerprint density at radius 2 is 0.882 bits per heavy atom. The number of benzene rings is 1. The van der Waals surface area contributed by atoms with Crippen LogP contribution in [0.25, 0.3) is 0 Å². The summed E-state index contributed by atoms with van der Waals surface area (Å²) in [6, 6.07) is -9.56. The van der Waals surface area contributed by atoms with Crippen LogP contribution in [-0.4, -0.2) is 182 Å². The zero-order chi connectivity index (χ0) is 58.0. The predicted molar refractivity (Wildman–Crippen MR) is 273 cm³/mol. The highest BCUT2D eigenvalue weighted by Crippen LogP contribution is 2.13. The van der Waals surface area contributed by atoms with E-state index in [0.717, 1.165) is 0 Å². The lowest BCUT2D eigenvalue weighted by Gasteiger charge is -2.28. The number of rotatable bonds is 35. The van der Waals surface area contributed by atoms with Gasteiger partial charge in [-0.15, -0.1) is 0 Å². The van der Waals surface area contributed by atoms with E-state index in [2.05, 4.69) is 73.1 Å². The maximum Gasteiger partial charge on any atom is 0.326 e. The first-order valence-corrected chi connectivity index (χ1v) is 24.8. The summed E-state index contributed by atoms with van der Waals surface area (Å²) in [5, 5.41) is 69.0. The number of carbonyl (C=O) groups is 13. The number of thiol groups is 2. The molecule has 0 bridgehead atoms. The number of hydrogen-bond donors (Lipinski definition) is 18. The number of carbonyl (C=O) groups excluding carboxylic acids is 10. The van der Waals surface area contributed by atoms with Crippen molar-refractivity contribution in [3.63, 3.8) is 0 Å². The molecule has 1 aromatic carbocycles. The number of aliphatic hydroxyl groups excluding tert-OH is 1. The number of aliphatic hydroxyl groups is 1. The monoisotopic (exact) mass is 1120 g/mol. The van der Waals surface area contributed by atoms with Crippen molar-refractivity contribution in [3.05, 3.63) is 29.8 Å². The normalized spacial score (nSPS) is 14.6. The summed E-state index contributed by atoms with van der Waals surface area (Å²) >= 11 is 8.17. The van der Waals surface area contributed by atoms with Crippen molar-refractivity contribution < 1.29 is 87.9 Å². The van der Waals surface area contributed by atoms with Crippen LogP contribution in [0, 0.1) is 11.8 Å². The van der Waals surface area contributed by atoms with E-state index in [0.29, 0.717) is 5.56 Å². The molecule has 1 aromatic rings. The van der Waals surface area contributed by atoms with Gasteiger partial charge in [-0.2, -0.15) is 25.3 Å². The molecule has 0 aliphatic carbocycles. The van der Waals surface area contributed by atoms with E-state index in [9.17, 15) is 87.9 Å². The highest BCUT2D eigenvalue weighted by Gasteiger charge is 2.36. The minimum Gasteiger partial charge on any atom is -0.508 e. The molecular weight excluding hydrogens is 1050 g/mol. The molecule has 0 aromatic heterocycles. The van der Waals surface area contributed by atoms with Crippen LogP contribution in [0.5, 0.6) is 5.75 Å². The van der Waals surface area contributed by atoms with E-state index in [-0.39, 0.29) is 36.7 Å². The third-order valence-electron chi connectivity index (χ3n) is 10.7. The van der Waals surface area contributed by atoms with Gasteiger partial charge in [0.05, 0.1) is 26.0 Å². The van der Waals surface area contributed by atoms with Crippen molar-refractivity contribution in [2.75, 3.05) is 24.7 Å². The van der Waals surface area contributed by atoms with Crippen molar-refractivity contribution >= 4 is 102 Å². The number of aliphatic carboxylic acids is 3. The first-order valence-electron chi connectivity index (χ1n) is 23.5. The standard InChI is InChI=1S/C45H69N11O18S2/c1-20(2)11-25(38(66)49-24(9-10-35(61)62)37(65)52-27(14-33(47)59)40(68)54-29(45(73)74)12-21(3)4)50-42(70)30(17-57)55-41(69)28(15-36(63)64)53-44(72)32(19-76)56-39(67)26(13-22-5-7-23(58)8-6-22)51-43(71)31(18-75)48-34(60)16-46/h5-8,20-21,24-32,57-58,75-76H,9-19,46H2,1-4H3,(H2,47,59)(H,48,60)(H,49,66)(H,50,70)(H,51,71)(H,52,65)(H,53,72)(H,54,68)(H,55,69)(H,56,67)(H,61,62)(H,63,64)(H,73,74)/t24-,25-,26-,27-,28-,29-,30-,31-,32-/m0/s1. The second-order valence-electron chi connectivity index (χ2n) is 18.0. The van der Waals surface area contributed by atoms with E-state index >= 15 is 0 Å². The van der Waals surface area contributed by atoms with Crippen LogP contribution in [0.3, 0.4) is 0 Å². The summed E-state index contributed by atoms with van der Waals surface area (Å²) < 4.78 is 0. The Morgan fingerprint density at radius 1 is 0.500 bits per heavy atom. The van der Waals surface area contributed by atoms with Crippen molar-refractivity contribution in [2.45, 2.75) is 127 Å². The van der Waals surface area contributed by atoms with Crippen molar-refractivity contribution in [1.82, 2.24) is 47.9 Å². The number of primary amides is 1. The number of hydrogen-bond acceptors (Lipinski definition) is 18. The number of aromatic hydroxyl groups is 1. The lowest BCUT2D eigenvalue weighted by atomic mass is 10.0. The minimum atomic E-state index is -2.02. The molecule has 1 rings (SSSR count). The average Bonchev–Trinajstić information content (AvgIpc) is 3.33. The lowest BCUT2D eigenvalue weighted by Crippen LogP contribution is -2.61. The summed E-state index contributed by atoms with van der Waals surface area (Å²) in [5.41, 5.74) is 11.0. The Hall–Kier alpha value is -7.25. The van der Waals surface area contributed by atoms with Crippen LogP contribution in [-0.2, 0) is 68.7 Å². The first-order chi connectivity index (χ1) is 35.5. The number of phenolic OH excluding ortho intramolecular Hbond substituents is 1. The van der Waals surface area contributed by atoms with Crippen LogP contribution in [0.4, 0.5) is 0 Å². The van der Waals surface area contributed by atoms with Crippen LogP contribution < -0.4 is 59.3 Å². The topological polar surface area (TPSA) is 483 Å². The molecule has 0 saturated carbocycles. The highest BCUT2D eigenvalue weighted by molar-refractivity contribution is 7.80. The third kappa shape index (κ3) is 24.9. The Bertz CT molecular complexity index is 2240. The molecule has 9 atom stereocenters. The van der Waals surface area contributed by atoms with E-state index in [1.807, 2.05) is 0 Å². The largest absolute Gasteiger partial charge is 0.508 e. The number of amides is 10. The Labute approximate surface area is 447 Å². The van der Waals surface area contributed by atoms with Crippen molar-refractivity contribution in [1.29, 1.82) is 0 Å². The molecule has 10 amide bonds. The maximum atomic E-state index is 13.8. The predicted octanol–water partition coefficient (Wildman–Crippen LogP) is -5.50. The summed E-state index contributed by atoms with van der Waals surface area (Å²) in [5.74, 6) is -17.0. The van der Waals surface area contributed by atoms with Gasteiger partial charge in [0.15, 0.2) is 0 Å². The number of nitrogens with one attached hydrogen (secondary N) is 9. The number of phenols is 1. The first kappa shape index (κ1) is 66.8.